The maximum Gasteiger partial charge on any atom is 0.134 e. The number of nitrogens with two attached hydrogens (primary N) is 1. The summed E-state index contributed by atoms with van der Waals surface area (Å²) < 4.78 is 5.57. The molecule has 0 aliphatic rings. The van der Waals surface area contributed by atoms with Gasteiger partial charge in [-0.05, 0) is 15.9 Å². The van der Waals surface area contributed by atoms with Crippen molar-refractivity contribution in [2.75, 3.05) is 27.3 Å². The zero-order valence-electron chi connectivity index (χ0n) is 7.30. The zero-order chi connectivity index (χ0) is 9.40. The topological polar surface area (TPSA) is 59.6 Å². The number of aliphatic imine (C=N–C) groups is 1. The van der Waals surface area contributed by atoms with Crippen LogP contribution in [-0.2, 0) is 4.74 Å². The highest BCUT2D eigenvalue weighted by Crippen LogP contribution is 2.02. The molecule has 3 N–H and O–H groups in total. The van der Waals surface area contributed by atoms with Crippen LogP contribution in [0.5, 0.6) is 0 Å². The van der Waals surface area contributed by atoms with Gasteiger partial charge in [0.05, 0.1) is 17.6 Å². The molecule has 0 amide bonds. The third-order valence-corrected chi connectivity index (χ3v) is 1.73. The quantitative estimate of drug-likeness (QED) is 0.414. The van der Waals surface area contributed by atoms with Crippen molar-refractivity contribution in [1.29, 1.82) is 0 Å². The molecule has 0 unspecified atom stereocenters. The first-order valence-corrected chi connectivity index (χ1v) is 4.33. The molecule has 0 spiro atoms. The third-order valence-electron chi connectivity index (χ3n) is 1.09. The van der Waals surface area contributed by atoms with E-state index in [-0.39, 0.29) is 0 Å². The van der Waals surface area contributed by atoms with Crippen LogP contribution < -0.4 is 11.1 Å². The number of methoxy groups -OCH3 is 1. The standard InChI is InChI=1S/C7H14BrN3O/c1-10-5-6(8)7(9)11-3-4-12-2/h5,10H,3-4H2,1-2H3,(H2,9,11)/b6-5+. The van der Waals surface area contributed by atoms with E-state index in [4.69, 9.17) is 10.5 Å². The van der Waals surface area contributed by atoms with E-state index in [0.717, 1.165) is 4.48 Å². The minimum Gasteiger partial charge on any atom is -0.393 e. The molecule has 4 nitrogen and oxygen atoms in total. The maximum absolute atomic E-state index is 5.58. The van der Waals surface area contributed by atoms with E-state index in [9.17, 15) is 0 Å². The molecule has 0 bridgehead atoms. The molecule has 0 saturated carbocycles. The molecule has 0 rings (SSSR count). The Morgan fingerprint density at radius 3 is 2.92 bits per heavy atom. The second kappa shape index (κ2) is 7.12. The van der Waals surface area contributed by atoms with Gasteiger partial charge in [0.15, 0.2) is 0 Å². The summed E-state index contributed by atoms with van der Waals surface area (Å²) in [5.74, 6) is 0.474. The first kappa shape index (κ1) is 11.4. The van der Waals surface area contributed by atoms with Crippen molar-refractivity contribution < 1.29 is 4.74 Å². The maximum atomic E-state index is 5.58. The summed E-state index contributed by atoms with van der Waals surface area (Å²) in [6.45, 7) is 1.16. The second-order valence-corrected chi connectivity index (χ2v) is 2.90. The average molecular weight is 236 g/mol. The molecule has 0 aromatic rings. The first-order chi connectivity index (χ1) is 5.72. The summed E-state index contributed by atoms with van der Waals surface area (Å²) in [6.07, 6.45) is 1.73. The molecule has 0 radical (unpaired) electrons. The molecule has 0 aliphatic heterocycles. The number of hydrogen-bond acceptors (Lipinski definition) is 3. The van der Waals surface area contributed by atoms with E-state index in [1.807, 2.05) is 0 Å². The van der Waals surface area contributed by atoms with Gasteiger partial charge >= 0.3 is 0 Å². The predicted octanol–water partition coefficient (Wildman–Crippen LogP) is 0.446. The molecular formula is C7H14BrN3O. The smallest absolute Gasteiger partial charge is 0.134 e. The van der Waals surface area contributed by atoms with Crippen molar-refractivity contribution in [2.45, 2.75) is 0 Å². The number of nitrogens with zero attached hydrogens (tertiary/aromatic N) is 1. The van der Waals surface area contributed by atoms with Gasteiger partial charge in [0, 0.05) is 20.4 Å². The Kier molecular flexibility index (Phi) is 6.79. The summed E-state index contributed by atoms with van der Waals surface area (Å²) in [5, 5.41) is 2.84. The summed E-state index contributed by atoms with van der Waals surface area (Å²) in [7, 11) is 3.42. The van der Waals surface area contributed by atoms with Gasteiger partial charge in [-0.25, -0.2) is 0 Å². The largest absolute Gasteiger partial charge is 0.393 e. The lowest BCUT2D eigenvalue weighted by Gasteiger charge is -1.98. The summed E-state index contributed by atoms with van der Waals surface area (Å²) >= 11 is 3.26. The summed E-state index contributed by atoms with van der Waals surface area (Å²) in [6, 6.07) is 0. The fourth-order valence-corrected chi connectivity index (χ4v) is 0.888. The molecule has 0 aliphatic carbocycles. The number of amidine groups is 1. The van der Waals surface area contributed by atoms with Crippen molar-refractivity contribution >= 4 is 21.8 Å². The Balaban J connectivity index is 3.90. The Labute approximate surface area is 81.0 Å². The van der Waals surface area contributed by atoms with E-state index in [1.54, 1.807) is 20.4 Å². The van der Waals surface area contributed by atoms with Crippen LogP contribution in [-0.4, -0.2) is 33.1 Å². The van der Waals surface area contributed by atoms with E-state index in [0.29, 0.717) is 19.0 Å². The van der Waals surface area contributed by atoms with Gasteiger partial charge < -0.3 is 15.8 Å². The number of halogens is 1. The van der Waals surface area contributed by atoms with E-state index < -0.39 is 0 Å². The van der Waals surface area contributed by atoms with Crippen molar-refractivity contribution in [3.63, 3.8) is 0 Å². The van der Waals surface area contributed by atoms with E-state index in [2.05, 4.69) is 26.2 Å². The third kappa shape index (κ3) is 5.15. The van der Waals surface area contributed by atoms with E-state index >= 15 is 0 Å². The minimum absolute atomic E-state index is 0.474. The highest BCUT2D eigenvalue weighted by Gasteiger charge is 1.95. The van der Waals surface area contributed by atoms with Crippen molar-refractivity contribution in [3.05, 3.63) is 10.7 Å². The lowest BCUT2D eigenvalue weighted by atomic mass is 10.5. The molecule has 0 fully saturated rings. The minimum atomic E-state index is 0.474. The van der Waals surface area contributed by atoms with Gasteiger partial charge in [0.25, 0.3) is 0 Å². The van der Waals surface area contributed by atoms with Gasteiger partial charge in [0.1, 0.15) is 5.84 Å². The summed E-state index contributed by atoms with van der Waals surface area (Å²) in [4.78, 5) is 4.05. The van der Waals surface area contributed by atoms with Crippen LogP contribution in [0.2, 0.25) is 0 Å². The SMILES string of the molecule is CN/C=C(/Br)C(N)=NCCOC. The molecule has 0 heterocycles. The van der Waals surface area contributed by atoms with Crippen LogP contribution in [0.25, 0.3) is 0 Å². The zero-order valence-corrected chi connectivity index (χ0v) is 8.89. The monoisotopic (exact) mass is 235 g/mol. The van der Waals surface area contributed by atoms with Crippen molar-refractivity contribution in [1.82, 2.24) is 5.32 Å². The molecule has 70 valence electrons. The lowest BCUT2D eigenvalue weighted by Crippen LogP contribution is -2.15. The molecular weight excluding hydrogens is 222 g/mol. The average Bonchev–Trinajstić information content (AvgIpc) is 2.05. The second-order valence-electron chi connectivity index (χ2n) is 2.04. The number of ether oxygens (including phenoxy) is 1. The van der Waals surface area contributed by atoms with Gasteiger partial charge in [-0.15, -0.1) is 0 Å². The van der Waals surface area contributed by atoms with Crippen LogP contribution in [0, 0.1) is 0 Å². The van der Waals surface area contributed by atoms with Crippen molar-refractivity contribution in [3.8, 4) is 0 Å². The van der Waals surface area contributed by atoms with Crippen molar-refractivity contribution in [2.24, 2.45) is 10.7 Å². The first-order valence-electron chi connectivity index (χ1n) is 3.54. The summed E-state index contributed by atoms with van der Waals surface area (Å²) in [5.41, 5.74) is 5.58. The Bertz CT molecular complexity index is 179. The Hall–Kier alpha value is -0.550. The number of hydrogen-bond donors (Lipinski definition) is 2. The highest BCUT2D eigenvalue weighted by molar-refractivity contribution is 9.12. The molecule has 0 atom stereocenters. The number of rotatable bonds is 5. The molecule has 0 saturated heterocycles. The van der Waals surface area contributed by atoms with Crippen LogP contribution >= 0.6 is 15.9 Å². The molecule has 0 aromatic heterocycles. The normalized spacial score (nSPS) is 13.2. The molecule has 0 aromatic carbocycles. The van der Waals surface area contributed by atoms with Crippen LogP contribution in [0.3, 0.4) is 0 Å². The van der Waals surface area contributed by atoms with E-state index in [1.165, 1.54) is 0 Å². The fourth-order valence-electron chi connectivity index (χ4n) is 0.534. The van der Waals surface area contributed by atoms with Crippen LogP contribution in [0.4, 0.5) is 0 Å². The van der Waals surface area contributed by atoms with Gasteiger partial charge in [0.2, 0.25) is 0 Å². The molecule has 5 heteroatoms. The van der Waals surface area contributed by atoms with Crippen LogP contribution in [0.1, 0.15) is 0 Å². The predicted molar refractivity (Wildman–Crippen MR) is 54.4 cm³/mol. The number of nitrogens with one attached hydrogen (secondary N) is 1. The van der Waals surface area contributed by atoms with Gasteiger partial charge in [-0.3, -0.25) is 4.99 Å². The Morgan fingerprint density at radius 2 is 2.42 bits per heavy atom. The van der Waals surface area contributed by atoms with Gasteiger partial charge in [-0.1, -0.05) is 0 Å². The van der Waals surface area contributed by atoms with Crippen LogP contribution in [0.15, 0.2) is 15.7 Å². The highest BCUT2D eigenvalue weighted by atomic mass is 79.9. The lowest BCUT2D eigenvalue weighted by molar-refractivity contribution is 0.208. The Morgan fingerprint density at radius 1 is 1.75 bits per heavy atom. The molecule has 12 heavy (non-hydrogen) atoms. The van der Waals surface area contributed by atoms with Gasteiger partial charge in [-0.2, -0.15) is 0 Å². The fraction of sp³-hybridized carbons (Fsp3) is 0.571.